The number of allylic oxidation sites excluding steroid dienone is 1. The molecular formula is C15H20. The zero-order valence-electron chi connectivity index (χ0n) is 9.63. The van der Waals surface area contributed by atoms with Crippen molar-refractivity contribution < 1.29 is 0 Å². The fourth-order valence-electron chi connectivity index (χ4n) is 2.38. The van der Waals surface area contributed by atoms with Crippen LogP contribution in [0, 0.1) is 0 Å². The number of hydrogen-bond acceptors (Lipinski definition) is 0. The molecule has 1 aliphatic carbocycles. The molecule has 0 radical (unpaired) electrons. The third kappa shape index (κ3) is 2.50. The van der Waals surface area contributed by atoms with Gasteiger partial charge in [0.05, 0.1) is 0 Å². The second-order valence-corrected chi connectivity index (χ2v) is 4.62. The number of benzene rings is 1. The summed E-state index contributed by atoms with van der Waals surface area (Å²) in [5.41, 5.74) is 4.41. The Labute approximate surface area is 93.0 Å². The van der Waals surface area contributed by atoms with E-state index in [0.29, 0.717) is 0 Å². The van der Waals surface area contributed by atoms with Crippen LogP contribution in [0.25, 0.3) is 0 Å². The maximum atomic E-state index is 4.07. The zero-order chi connectivity index (χ0) is 10.7. The van der Waals surface area contributed by atoms with Crippen molar-refractivity contribution in [2.75, 3.05) is 0 Å². The van der Waals surface area contributed by atoms with Gasteiger partial charge in [-0.3, -0.25) is 0 Å². The van der Waals surface area contributed by atoms with Gasteiger partial charge in [0, 0.05) is 0 Å². The highest BCUT2D eigenvalue weighted by Gasteiger charge is 2.16. The van der Waals surface area contributed by atoms with Gasteiger partial charge in [-0.05, 0) is 49.1 Å². The van der Waals surface area contributed by atoms with E-state index in [0.717, 1.165) is 12.3 Å². The Morgan fingerprint density at radius 3 is 2.27 bits per heavy atom. The Morgan fingerprint density at radius 1 is 1.13 bits per heavy atom. The van der Waals surface area contributed by atoms with Crippen LogP contribution in [0.3, 0.4) is 0 Å². The van der Waals surface area contributed by atoms with E-state index in [1.165, 1.54) is 42.4 Å². The Morgan fingerprint density at radius 2 is 1.73 bits per heavy atom. The molecule has 0 amide bonds. The molecule has 1 aromatic rings. The SMILES string of the molecule is C=C1CCC(c2ccc(CC)cc2)CC1. The van der Waals surface area contributed by atoms with Gasteiger partial charge < -0.3 is 0 Å². The molecule has 1 saturated carbocycles. The Balaban J connectivity index is 2.06. The van der Waals surface area contributed by atoms with Gasteiger partial charge in [-0.15, -0.1) is 0 Å². The van der Waals surface area contributed by atoms with E-state index in [9.17, 15) is 0 Å². The quantitative estimate of drug-likeness (QED) is 0.618. The lowest BCUT2D eigenvalue weighted by Gasteiger charge is -2.23. The topological polar surface area (TPSA) is 0 Å². The Kier molecular flexibility index (Phi) is 3.25. The zero-order valence-corrected chi connectivity index (χ0v) is 9.63. The summed E-state index contributed by atoms with van der Waals surface area (Å²) in [4.78, 5) is 0. The van der Waals surface area contributed by atoms with Crippen LogP contribution in [-0.2, 0) is 6.42 Å². The third-order valence-corrected chi connectivity index (χ3v) is 3.55. The van der Waals surface area contributed by atoms with Crippen LogP contribution >= 0.6 is 0 Å². The summed E-state index contributed by atoms with van der Waals surface area (Å²) in [5.74, 6) is 0.779. The molecule has 1 fully saturated rings. The van der Waals surface area contributed by atoms with Gasteiger partial charge in [0.15, 0.2) is 0 Å². The summed E-state index contributed by atoms with van der Waals surface area (Å²) in [7, 11) is 0. The van der Waals surface area contributed by atoms with Crippen LogP contribution in [0.4, 0.5) is 0 Å². The van der Waals surface area contributed by atoms with Gasteiger partial charge in [-0.25, -0.2) is 0 Å². The molecular weight excluding hydrogens is 180 g/mol. The van der Waals surface area contributed by atoms with Gasteiger partial charge >= 0.3 is 0 Å². The number of hydrogen-bond donors (Lipinski definition) is 0. The highest BCUT2D eigenvalue weighted by Crippen LogP contribution is 2.34. The summed E-state index contributed by atoms with van der Waals surface area (Å²) < 4.78 is 0. The highest BCUT2D eigenvalue weighted by atomic mass is 14.2. The van der Waals surface area contributed by atoms with Crippen molar-refractivity contribution >= 4 is 0 Å². The smallest absolute Gasteiger partial charge is 0.0156 e. The summed E-state index contributed by atoms with van der Waals surface area (Å²) in [6, 6.07) is 9.19. The molecule has 0 aromatic heterocycles. The van der Waals surface area contributed by atoms with Crippen molar-refractivity contribution in [3.8, 4) is 0 Å². The summed E-state index contributed by atoms with van der Waals surface area (Å²) >= 11 is 0. The summed E-state index contributed by atoms with van der Waals surface area (Å²) in [6.45, 7) is 6.28. The number of aryl methyl sites for hydroxylation is 1. The maximum absolute atomic E-state index is 4.07. The summed E-state index contributed by atoms with van der Waals surface area (Å²) in [5, 5.41) is 0. The molecule has 0 atom stereocenters. The molecule has 1 aromatic carbocycles. The molecule has 0 heteroatoms. The van der Waals surface area contributed by atoms with Crippen molar-refractivity contribution in [1.82, 2.24) is 0 Å². The molecule has 0 unspecified atom stereocenters. The van der Waals surface area contributed by atoms with Gasteiger partial charge in [0.2, 0.25) is 0 Å². The lowest BCUT2D eigenvalue weighted by atomic mass is 9.82. The fraction of sp³-hybridized carbons (Fsp3) is 0.467. The van der Waals surface area contributed by atoms with Crippen LogP contribution in [0.5, 0.6) is 0 Å². The Bertz CT molecular complexity index is 322. The van der Waals surface area contributed by atoms with E-state index in [-0.39, 0.29) is 0 Å². The van der Waals surface area contributed by atoms with E-state index in [1.54, 1.807) is 0 Å². The van der Waals surface area contributed by atoms with Crippen molar-refractivity contribution in [2.24, 2.45) is 0 Å². The third-order valence-electron chi connectivity index (χ3n) is 3.55. The minimum Gasteiger partial charge on any atom is -0.0999 e. The first-order valence-electron chi connectivity index (χ1n) is 6.05. The van der Waals surface area contributed by atoms with Crippen LogP contribution < -0.4 is 0 Å². The lowest BCUT2D eigenvalue weighted by molar-refractivity contribution is 0.518. The first-order chi connectivity index (χ1) is 7.29. The van der Waals surface area contributed by atoms with Crippen molar-refractivity contribution in [3.63, 3.8) is 0 Å². The van der Waals surface area contributed by atoms with Crippen LogP contribution in [0.1, 0.15) is 49.7 Å². The number of rotatable bonds is 2. The second kappa shape index (κ2) is 4.65. The van der Waals surface area contributed by atoms with Gasteiger partial charge in [-0.1, -0.05) is 43.3 Å². The van der Waals surface area contributed by atoms with Crippen molar-refractivity contribution in [3.05, 3.63) is 47.5 Å². The fourth-order valence-corrected chi connectivity index (χ4v) is 2.38. The molecule has 0 bridgehead atoms. The largest absolute Gasteiger partial charge is 0.0999 e. The van der Waals surface area contributed by atoms with Gasteiger partial charge in [-0.2, -0.15) is 0 Å². The van der Waals surface area contributed by atoms with Crippen molar-refractivity contribution in [1.29, 1.82) is 0 Å². The molecule has 0 spiro atoms. The van der Waals surface area contributed by atoms with E-state index in [4.69, 9.17) is 0 Å². The van der Waals surface area contributed by atoms with E-state index in [1.807, 2.05) is 0 Å². The molecule has 0 heterocycles. The molecule has 80 valence electrons. The molecule has 15 heavy (non-hydrogen) atoms. The van der Waals surface area contributed by atoms with Crippen LogP contribution in [0.2, 0.25) is 0 Å². The molecule has 0 nitrogen and oxygen atoms in total. The Hall–Kier alpha value is -1.04. The first kappa shape index (κ1) is 10.5. The first-order valence-corrected chi connectivity index (χ1v) is 6.05. The molecule has 0 aliphatic heterocycles. The predicted molar refractivity (Wildman–Crippen MR) is 66.2 cm³/mol. The minimum absolute atomic E-state index is 0.779. The lowest BCUT2D eigenvalue weighted by Crippen LogP contribution is -2.05. The van der Waals surface area contributed by atoms with Crippen LogP contribution in [-0.4, -0.2) is 0 Å². The second-order valence-electron chi connectivity index (χ2n) is 4.62. The minimum atomic E-state index is 0.779. The highest BCUT2D eigenvalue weighted by molar-refractivity contribution is 5.26. The van der Waals surface area contributed by atoms with Gasteiger partial charge in [0.1, 0.15) is 0 Å². The molecule has 1 aliphatic rings. The summed E-state index contributed by atoms with van der Waals surface area (Å²) in [6.07, 6.45) is 6.18. The monoisotopic (exact) mass is 200 g/mol. The average molecular weight is 200 g/mol. The normalized spacial score (nSPS) is 18.1. The molecule has 2 rings (SSSR count). The van der Waals surface area contributed by atoms with Gasteiger partial charge in [0.25, 0.3) is 0 Å². The molecule has 0 saturated heterocycles. The predicted octanol–water partition coefficient (Wildman–Crippen LogP) is 4.46. The maximum Gasteiger partial charge on any atom is -0.0156 e. The standard InChI is InChI=1S/C15H20/c1-3-13-6-10-15(11-7-13)14-8-4-12(2)5-9-14/h6-7,10-11,14H,2-5,8-9H2,1H3. The average Bonchev–Trinajstić information content (AvgIpc) is 2.30. The van der Waals surface area contributed by atoms with E-state index < -0.39 is 0 Å². The van der Waals surface area contributed by atoms with E-state index >= 15 is 0 Å². The van der Waals surface area contributed by atoms with Crippen LogP contribution in [0.15, 0.2) is 36.4 Å². The van der Waals surface area contributed by atoms with Crippen molar-refractivity contribution in [2.45, 2.75) is 44.9 Å². The molecule has 0 N–H and O–H groups in total. The van der Waals surface area contributed by atoms with E-state index in [2.05, 4.69) is 37.8 Å².